The van der Waals surface area contributed by atoms with Gasteiger partial charge in [0.15, 0.2) is 0 Å². The number of halogens is 1. The molecule has 0 unspecified atom stereocenters. The quantitative estimate of drug-likeness (QED) is 0.771. The Hall–Kier alpha value is -1.24. The van der Waals surface area contributed by atoms with Crippen LogP contribution in [0.15, 0.2) is 24.3 Å². The topological polar surface area (TPSA) is 45.0 Å². The predicted molar refractivity (Wildman–Crippen MR) is 57.8 cm³/mol. The van der Waals surface area contributed by atoms with Gasteiger partial charge in [-0.15, -0.1) is 12.4 Å². The number of nitriles is 1. The Morgan fingerprint density at radius 1 is 1.43 bits per heavy atom. The van der Waals surface area contributed by atoms with Gasteiger partial charge in [-0.05, 0) is 19.2 Å². The fourth-order valence-electron chi connectivity index (χ4n) is 0.948. The molecule has 76 valence electrons. The predicted octanol–water partition coefficient (Wildman–Crippen LogP) is 1.58. The Bertz CT molecular complexity index is 309. The van der Waals surface area contributed by atoms with Crippen LogP contribution in [0.1, 0.15) is 5.56 Å². The highest BCUT2D eigenvalue weighted by molar-refractivity contribution is 5.85. The number of hydrogen-bond acceptors (Lipinski definition) is 3. The second-order valence-electron chi connectivity index (χ2n) is 2.56. The maximum atomic E-state index is 8.73. The molecular formula is C10H13ClN2O. The van der Waals surface area contributed by atoms with Gasteiger partial charge in [-0.25, -0.2) is 0 Å². The van der Waals surface area contributed by atoms with Crippen molar-refractivity contribution in [3.8, 4) is 11.8 Å². The van der Waals surface area contributed by atoms with E-state index in [2.05, 4.69) is 11.4 Å². The van der Waals surface area contributed by atoms with E-state index in [0.717, 1.165) is 6.54 Å². The fraction of sp³-hybridized carbons (Fsp3) is 0.300. The minimum absolute atomic E-state index is 0. The molecule has 1 aromatic rings. The second-order valence-corrected chi connectivity index (χ2v) is 2.56. The summed E-state index contributed by atoms with van der Waals surface area (Å²) in [5.74, 6) is 0.653. The molecule has 4 heteroatoms. The van der Waals surface area contributed by atoms with E-state index in [1.54, 1.807) is 12.1 Å². The number of benzene rings is 1. The standard InChI is InChI=1S/C10H12N2O.ClH/c1-12-6-7-13-10-5-3-2-4-9(10)8-11;/h2-5,12H,6-7H2,1H3;1H. The first-order valence-electron chi connectivity index (χ1n) is 4.15. The van der Waals surface area contributed by atoms with Crippen LogP contribution in [0.3, 0.4) is 0 Å². The summed E-state index contributed by atoms with van der Waals surface area (Å²) in [6, 6.07) is 9.30. The molecule has 0 heterocycles. The van der Waals surface area contributed by atoms with Crippen LogP contribution in [-0.2, 0) is 0 Å². The third-order valence-corrected chi connectivity index (χ3v) is 1.62. The largest absolute Gasteiger partial charge is 0.491 e. The van der Waals surface area contributed by atoms with E-state index in [0.29, 0.717) is 17.9 Å². The minimum atomic E-state index is 0. The Morgan fingerprint density at radius 3 is 2.79 bits per heavy atom. The van der Waals surface area contributed by atoms with Gasteiger partial charge < -0.3 is 10.1 Å². The average molecular weight is 213 g/mol. The second kappa shape index (κ2) is 7.19. The smallest absolute Gasteiger partial charge is 0.137 e. The van der Waals surface area contributed by atoms with Crippen LogP contribution in [0.2, 0.25) is 0 Å². The van der Waals surface area contributed by atoms with Crippen molar-refractivity contribution in [2.45, 2.75) is 0 Å². The van der Waals surface area contributed by atoms with Crippen molar-refractivity contribution in [1.29, 1.82) is 5.26 Å². The van der Waals surface area contributed by atoms with Crippen LogP contribution in [-0.4, -0.2) is 20.2 Å². The molecule has 14 heavy (non-hydrogen) atoms. The Labute approximate surface area is 90.1 Å². The zero-order valence-corrected chi connectivity index (χ0v) is 8.80. The molecule has 0 atom stereocenters. The summed E-state index contributed by atoms with van der Waals surface area (Å²) >= 11 is 0. The lowest BCUT2D eigenvalue weighted by Gasteiger charge is -2.06. The van der Waals surface area contributed by atoms with E-state index in [1.165, 1.54) is 0 Å². The first-order valence-corrected chi connectivity index (χ1v) is 4.15. The van der Waals surface area contributed by atoms with Gasteiger partial charge in [-0.3, -0.25) is 0 Å². The van der Waals surface area contributed by atoms with Gasteiger partial charge in [-0.1, -0.05) is 12.1 Å². The van der Waals surface area contributed by atoms with Crippen molar-refractivity contribution in [3.05, 3.63) is 29.8 Å². The van der Waals surface area contributed by atoms with Crippen LogP contribution in [0, 0.1) is 11.3 Å². The summed E-state index contributed by atoms with van der Waals surface area (Å²) in [7, 11) is 1.86. The molecule has 0 spiro atoms. The van der Waals surface area contributed by atoms with Gasteiger partial charge in [0.05, 0.1) is 5.56 Å². The minimum Gasteiger partial charge on any atom is -0.491 e. The van der Waals surface area contributed by atoms with Crippen LogP contribution in [0.4, 0.5) is 0 Å². The van der Waals surface area contributed by atoms with Crippen molar-refractivity contribution in [1.82, 2.24) is 5.32 Å². The lowest BCUT2D eigenvalue weighted by molar-refractivity contribution is 0.317. The van der Waals surface area contributed by atoms with Gasteiger partial charge in [0.25, 0.3) is 0 Å². The van der Waals surface area contributed by atoms with Crippen molar-refractivity contribution in [2.24, 2.45) is 0 Å². The van der Waals surface area contributed by atoms with E-state index in [-0.39, 0.29) is 12.4 Å². The molecule has 0 amide bonds. The van der Waals surface area contributed by atoms with E-state index in [4.69, 9.17) is 10.00 Å². The normalized spacial score (nSPS) is 8.57. The Balaban J connectivity index is 0.00000169. The van der Waals surface area contributed by atoms with Gasteiger partial charge in [0.1, 0.15) is 18.4 Å². The summed E-state index contributed by atoms with van der Waals surface area (Å²) in [6.07, 6.45) is 0. The third kappa shape index (κ3) is 3.65. The lowest BCUT2D eigenvalue weighted by atomic mass is 10.2. The number of rotatable bonds is 4. The van der Waals surface area contributed by atoms with Crippen molar-refractivity contribution in [3.63, 3.8) is 0 Å². The SMILES string of the molecule is CNCCOc1ccccc1C#N.Cl. The molecule has 0 aliphatic heterocycles. The number of nitrogens with zero attached hydrogens (tertiary/aromatic N) is 1. The number of ether oxygens (including phenoxy) is 1. The zero-order valence-electron chi connectivity index (χ0n) is 7.99. The summed E-state index contributed by atoms with van der Waals surface area (Å²) in [5, 5.41) is 11.7. The summed E-state index contributed by atoms with van der Waals surface area (Å²) in [6.45, 7) is 1.36. The molecule has 0 aliphatic carbocycles. The highest BCUT2D eigenvalue weighted by atomic mass is 35.5. The number of hydrogen-bond donors (Lipinski definition) is 1. The van der Waals surface area contributed by atoms with E-state index in [1.807, 2.05) is 19.2 Å². The van der Waals surface area contributed by atoms with Crippen LogP contribution in [0.25, 0.3) is 0 Å². The highest BCUT2D eigenvalue weighted by Gasteiger charge is 1.99. The highest BCUT2D eigenvalue weighted by Crippen LogP contribution is 2.15. The molecule has 1 N–H and O–H groups in total. The molecular weight excluding hydrogens is 200 g/mol. The fourth-order valence-corrected chi connectivity index (χ4v) is 0.948. The monoisotopic (exact) mass is 212 g/mol. The van der Waals surface area contributed by atoms with Gasteiger partial charge in [0, 0.05) is 6.54 Å². The Morgan fingerprint density at radius 2 is 2.14 bits per heavy atom. The number of nitrogens with one attached hydrogen (secondary N) is 1. The molecule has 0 saturated carbocycles. The van der Waals surface area contributed by atoms with Gasteiger partial charge in [-0.2, -0.15) is 5.26 Å². The maximum absolute atomic E-state index is 8.73. The first-order chi connectivity index (χ1) is 6.38. The van der Waals surface area contributed by atoms with Crippen molar-refractivity contribution >= 4 is 12.4 Å². The zero-order chi connectivity index (χ0) is 9.52. The summed E-state index contributed by atoms with van der Waals surface area (Å²) in [5.41, 5.74) is 0.582. The van der Waals surface area contributed by atoms with Crippen molar-refractivity contribution in [2.75, 3.05) is 20.2 Å². The molecule has 0 radical (unpaired) electrons. The maximum Gasteiger partial charge on any atom is 0.137 e. The van der Waals surface area contributed by atoms with Gasteiger partial charge >= 0.3 is 0 Å². The molecule has 0 saturated heterocycles. The Kier molecular flexibility index (Phi) is 6.55. The van der Waals surface area contributed by atoms with Crippen molar-refractivity contribution < 1.29 is 4.74 Å². The molecule has 0 bridgehead atoms. The van der Waals surface area contributed by atoms with E-state index in [9.17, 15) is 0 Å². The van der Waals surface area contributed by atoms with E-state index >= 15 is 0 Å². The van der Waals surface area contributed by atoms with Crippen LogP contribution < -0.4 is 10.1 Å². The lowest BCUT2D eigenvalue weighted by Crippen LogP contribution is -2.16. The van der Waals surface area contributed by atoms with E-state index < -0.39 is 0 Å². The molecule has 0 fully saturated rings. The molecule has 1 rings (SSSR count). The van der Waals surface area contributed by atoms with Crippen LogP contribution >= 0.6 is 12.4 Å². The first kappa shape index (κ1) is 12.8. The third-order valence-electron chi connectivity index (χ3n) is 1.62. The number of para-hydroxylation sites is 1. The molecule has 0 aliphatic rings. The molecule has 0 aromatic heterocycles. The van der Waals surface area contributed by atoms with Gasteiger partial charge in [0.2, 0.25) is 0 Å². The number of likely N-dealkylation sites (N-methyl/N-ethyl adjacent to an activating group) is 1. The molecule has 3 nitrogen and oxygen atoms in total. The summed E-state index contributed by atoms with van der Waals surface area (Å²) in [4.78, 5) is 0. The van der Waals surface area contributed by atoms with Crippen LogP contribution in [0.5, 0.6) is 5.75 Å². The summed E-state index contributed by atoms with van der Waals surface area (Å²) < 4.78 is 5.38. The average Bonchev–Trinajstić information content (AvgIpc) is 2.19. The molecule has 1 aromatic carbocycles.